The summed E-state index contributed by atoms with van der Waals surface area (Å²) in [5.41, 5.74) is 0.373. The average Bonchev–Trinajstić information content (AvgIpc) is 2.85. The zero-order valence-corrected chi connectivity index (χ0v) is 20.9. The summed E-state index contributed by atoms with van der Waals surface area (Å²) in [6.07, 6.45) is 4.36. The number of benzene rings is 2. The molecule has 2 aromatic carbocycles. The Morgan fingerprint density at radius 1 is 1.25 bits per heavy atom. The minimum atomic E-state index is -0.662. The number of ether oxygens (including phenoxy) is 1. The summed E-state index contributed by atoms with van der Waals surface area (Å²) in [7, 11) is 0. The molecule has 1 aromatic heterocycles. The molecule has 2 atom stereocenters. The second kappa shape index (κ2) is 9.87. The van der Waals surface area contributed by atoms with Gasteiger partial charge >= 0.3 is 5.63 Å². The van der Waals surface area contributed by atoms with E-state index in [2.05, 4.69) is 0 Å². The van der Waals surface area contributed by atoms with Gasteiger partial charge in [-0.05, 0) is 56.0 Å². The number of aliphatic hydroxyl groups is 1. The monoisotopic (exact) mass is 513 g/mol. The number of rotatable bonds is 5. The van der Waals surface area contributed by atoms with E-state index in [4.69, 9.17) is 20.8 Å². The molecule has 1 N–H and O–H groups in total. The van der Waals surface area contributed by atoms with Crippen molar-refractivity contribution in [2.24, 2.45) is 5.92 Å². The number of carbonyl (C=O) groups is 1. The van der Waals surface area contributed by atoms with Gasteiger partial charge in [0, 0.05) is 36.0 Å². The number of amides is 1. The molecule has 5 rings (SSSR count). The summed E-state index contributed by atoms with van der Waals surface area (Å²) >= 11 is 6.06. The van der Waals surface area contributed by atoms with E-state index in [1.54, 1.807) is 36.1 Å². The maximum Gasteiger partial charge on any atom is 0.340 e. The largest absolute Gasteiger partial charge is 0.489 e. The Hall–Kier alpha value is -2.90. The van der Waals surface area contributed by atoms with Crippen molar-refractivity contribution in [2.45, 2.75) is 57.7 Å². The molecule has 0 unspecified atom stereocenters. The van der Waals surface area contributed by atoms with Gasteiger partial charge < -0.3 is 19.2 Å². The summed E-state index contributed by atoms with van der Waals surface area (Å²) in [6, 6.07) is 9.49. The molecule has 1 saturated carbocycles. The molecule has 2 fully saturated rings. The van der Waals surface area contributed by atoms with Crippen molar-refractivity contribution >= 4 is 28.5 Å². The van der Waals surface area contributed by atoms with Crippen LogP contribution in [-0.4, -0.2) is 34.6 Å². The molecule has 3 aromatic rings. The van der Waals surface area contributed by atoms with Crippen molar-refractivity contribution in [3.8, 4) is 5.75 Å². The molecule has 190 valence electrons. The van der Waals surface area contributed by atoms with Crippen LogP contribution in [0.1, 0.15) is 48.8 Å². The van der Waals surface area contributed by atoms with Crippen molar-refractivity contribution in [1.29, 1.82) is 0 Å². The van der Waals surface area contributed by atoms with Crippen LogP contribution >= 0.6 is 11.6 Å². The van der Waals surface area contributed by atoms with E-state index in [9.17, 15) is 19.1 Å². The maximum absolute atomic E-state index is 14.0. The van der Waals surface area contributed by atoms with Gasteiger partial charge in [-0.15, -0.1) is 0 Å². The second-order valence-corrected chi connectivity index (χ2v) is 10.4. The molecule has 8 heteroatoms. The second-order valence-electron chi connectivity index (χ2n) is 9.95. The third kappa shape index (κ3) is 4.74. The van der Waals surface area contributed by atoms with E-state index in [-0.39, 0.29) is 35.4 Å². The van der Waals surface area contributed by atoms with E-state index in [0.29, 0.717) is 47.4 Å². The highest BCUT2D eigenvalue weighted by Gasteiger charge is 2.43. The summed E-state index contributed by atoms with van der Waals surface area (Å²) in [4.78, 5) is 27.7. The molecule has 1 aliphatic carbocycles. The average molecular weight is 514 g/mol. The van der Waals surface area contributed by atoms with E-state index >= 15 is 0 Å². The van der Waals surface area contributed by atoms with Crippen LogP contribution < -0.4 is 10.4 Å². The van der Waals surface area contributed by atoms with E-state index in [0.717, 1.165) is 25.7 Å². The van der Waals surface area contributed by atoms with Gasteiger partial charge in [-0.3, -0.25) is 4.79 Å². The minimum absolute atomic E-state index is 0.0424. The maximum atomic E-state index is 14.0. The smallest absolute Gasteiger partial charge is 0.340 e. The van der Waals surface area contributed by atoms with Gasteiger partial charge in [0.1, 0.15) is 23.8 Å². The van der Waals surface area contributed by atoms with Crippen molar-refractivity contribution in [1.82, 2.24) is 4.90 Å². The predicted octanol–water partition coefficient (Wildman–Crippen LogP) is 5.17. The van der Waals surface area contributed by atoms with Gasteiger partial charge in [0.05, 0.1) is 22.6 Å². The summed E-state index contributed by atoms with van der Waals surface area (Å²) in [5.74, 6) is -0.0851. The van der Waals surface area contributed by atoms with Crippen LogP contribution in [0.15, 0.2) is 45.6 Å². The third-order valence-corrected chi connectivity index (χ3v) is 8.17. The molecule has 1 saturated heterocycles. The molecule has 36 heavy (non-hydrogen) atoms. The van der Waals surface area contributed by atoms with Crippen LogP contribution in [0.4, 0.5) is 4.39 Å². The summed E-state index contributed by atoms with van der Waals surface area (Å²) in [5, 5.41) is 11.9. The van der Waals surface area contributed by atoms with Crippen LogP contribution in [0, 0.1) is 18.7 Å². The van der Waals surface area contributed by atoms with Gasteiger partial charge in [0.15, 0.2) is 0 Å². The van der Waals surface area contributed by atoms with Gasteiger partial charge in [-0.25, -0.2) is 9.18 Å². The molecule has 6 nitrogen and oxygen atoms in total. The van der Waals surface area contributed by atoms with Gasteiger partial charge in [-0.1, -0.05) is 30.5 Å². The first-order valence-electron chi connectivity index (χ1n) is 12.4. The van der Waals surface area contributed by atoms with Gasteiger partial charge in [0.25, 0.3) is 0 Å². The van der Waals surface area contributed by atoms with Gasteiger partial charge in [0.2, 0.25) is 5.91 Å². The minimum Gasteiger partial charge on any atom is -0.489 e. The Morgan fingerprint density at radius 2 is 2.08 bits per heavy atom. The molecule has 1 amide bonds. The third-order valence-electron chi connectivity index (χ3n) is 7.81. The predicted molar refractivity (Wildman–Crippen MR) is 135 cm³/mol. The first-order chi connectivity index (χ1) is 17.2. The Balaban J connectivity index is 1.32. The number of likely N-dealkylation sites (tertiary alicyclic amines) is 1. The zero-order valence-electron chi connectivity index (χ0n) is 20.2. The first kappa shape index (κ1) is 24.8. The molecule has 2 heterocycles. The van der Waals surface area contributed by atoms with E-state index in [1.807, 2.05) is 0 Å². The standard InChI is InChI=1S/C28H29ClFNO5/c1-17-20-9-8-19(35-16-22-23(29)6-4-7-24(22)30)13-25(20)36-27(33)21(17)14-26(32)31-12-11-28(34)10-3-2-5-18(28)15-31/h4,6-9,13,18,34H,2-3,5,10-12,14-16H2,1H3/t18-,28-/m1/s1. The molecular weight excluding hydrogens is 485 g/mol. The fourth-order valence-electron chi connectivity index (χ4n) is 5.55. The van der Waals surface area contributed by atoms with Crippen molar-refractivity contribution in [3.05, 3.63) is 74.3 Å². The number of carbonyl (C=O) groups excluding carboxylic acids is 1. The molecule has 1 aliphatic heterocycles. The lowest BCUT2D eigenvalue weighted by Crippen LogP contribution is -2.55. The summed E-state index contributed by atoms with van der Waals surface area (Å²) < 4.78 is 25.3. The van der Waals surface area contributed by atoms with Crippen molar-refractivity contribution < 1.29 is 23.4 Å². The zero-order chi connectivity index (χ0) is 25.4. The van der Waals surface area contributed by atoms with Crippen LogP contribution in [0.5, 0.6) is 5.75 Å². The number of halogens is 2. The lowest BCUT2D eigenvalue weighted by molar-refractivity contribution is -0.142. The number of fused-ring (bicyclic) bond motifs is 2. The Bertz CT molecular complexity index is 1350. The van der Waals surface area contributed by atoms with Crippen LogP contribution in [0.2, 0.25) is 5.02 Å². The highest BCUT2D eigenvalue weighted by atomic mass is 35.5. The quantitative estimate of drug-likeness (QED) is 0.476. The van der Waals surface area contributed by atoms with Crippen LogP contribution in [0.3, 0.4) is 0 Å². The first-order valence-corrected chi connectivity index (χ1v) is 12.7. The van der Waals surface area contributed by atoms with E-state index < -0.39 is 17.0 Å². The molecule has 2 aliphatic rings. The van der Waals surface area contributed by atoms with Crippen LogP contribution in [0.25, 0.3) is 11.0 Å². The SMILES string of the molecule is Cc1c(CC(=O)N2CC[C@]3(O)CCCC[C@@H]3C2)c(=O)oc2cc(OCc3c(F)cccc3Cl)ccc12. The number of nitrogens with zero attached hydrogens (tertiary/aromatic N) is 1. The number of hydrogen-bond donors (Lipinski definition) is 1. The molecule has 0 radical (unpaired) electrons. The lowest BCUT2D eigenvalue weighted by Gasteiger charge is -2.47. The molecule has 0 bridgehead atoms. The Kier molecular flexibility index (Phi) is 6.79. The van der Waals surface area contributed by atoms with Crippen LogP contribution in [-0.2, 0) is 17.8 Å². The van der Waals surface area contributed by atoms with E-state index in [1.165, 1.54) is 12.1 Å². The highest BCUT2D eigenvalue weighted by molar-refractivity contribution is 6.31. The Morgan fingerprint density at radius 3 is 2.89 bits per heavy atom. The molecular formula is C28H29ClFNO5. The Labute approximate surface area is 213 Å². The number of aryl methyl sites for hydroxylation is 1. The van der Waals surface area contributed by atoms with Crippen molar-refractivity contribution in [2.75, 3.05) is 13.1 Å². The van der Waals surface area contributed by atoms with Crippen molar-refractivity contribution in [3.63, 3.8) is 0 Å². The topological polar surface area (TPSA) is 80.0 Å². The highest BCUT2D eigenvalue weighted by Crippen LogP contribution is 2.40. The number of piperidine rings is 1. The normalized spacial score (nSPS) is 21.9. The lowest BCUT2D eigenvalue weighted by atomic mass is 9.71. The fraction of sp³-hybridized carbons (Fsp3) is 0.429. The summed E-state index contributed by atoms with van der Waals surface area (Å²) in [6.45, 7) is 2.76. The van der Waals surface area contributed by atoms with Gasteiger partial charge in [-0.2, -0.15) is 0 Å². The fourth-order valence-corrected chi connectivity index (χ4v) is 5.77. The molecule has 0 spiro atoms. The number of hydrogen-bond acceptors (Lipinski definition) is 5.